The van der Waals surface area contributed by atoms with Crippen LogP contribution in [0.1, 0.15) is 56.1 Å². The molecule has 0 aliphatic heterocycles. The maximum Gasteiger partial charge on any atom is 0.264 e. The zero-order valence-electron chi connectivity index (χ0n) is 22.5. The molecule has 1 aliphatic rings. The molecule has 1 aromatic carbocycles. The van der Waals surface area contributed by atoms with Crippen LogP contribution < -0.4 is 10.0 Å². The molecular formula is C28H32N6O3S2. The molecule has 0 bridgehead atoms. The topological polar surface area (TPSA) is 138 Å². The zero-order chi connectivity index (χ0) is 28.2. The van der Waals surface area contributed by atoms with E-state index < -0.39 is 10.0 Å². The molecule has 1 atom stereocenters. The second-order valence-electron chi connectivity index (χ2n) is 10.7. The van der Waals surface area contributed by atoms with Crippen molar-refractivity contribution >= 4 is 39.3 Å². The molecule has 1 aliphatic carbocycles. The van der Waals surface area contributed by atoms with E-state index >= 15 is 0 Å². The van der Waals surface area contributed by atoms with Crippen LogP contribution in [0.4, 0.5) is 11.6 Å². The first-order valence-electron chi connectivity index (χ1n) is 12.7. The minimum atomic E-state index is -3.87. The molecule has 0 radical (unpaired) electrons. The number of rotatable bonds is 8. The van der Waals surface area contributed by atoms with E-state index in [0.29, 0.717) is 33.6 Å². The Morgan fingerprint density at radius 3 is 2.59 bits per heavy atom. The van der Waals surface area contributed by atoms with Gasteiger partial charge in [0.05, 0.1) is 10.5 Å². The lowest BCUT2D eigenvalue weighted by Crippen LogP contribution is -2.27. The summed E-state index contributed by atoms with van der Waals surface area (Å²) < 4.78 is 27.6. The molecule has 1 unspecified atom stereocenters. The molecule has 0 spiro atoms. The van der Waals surface area contributed by atoms with Gasteiger partial charge in [0.15, 0.2) is 0 Å². The molecule has 9 nitrogen and oxygen atoms in total. The van der Waals surface area contributed by atoms with Crippen LogP contribution >= 0.6 is 11.8 Å². The maximum absolute atomic E-state index is 12.6. The number of aryl methyl sites for hydroxylation is 2. The van der Waals surface area contributed by atoms with Gasteiger partial charge in [-0.3, -0.25) is 4.79 Å². The second-order valence-corrected chi connectivity index (χ2v) is 13.4. The Kier molecular flexibility index (Phi) is 8.57. The number of aromatic nitrogens is 3. The van der Waals surface area contributed by atoms with Crippen molar-refractivity contribution < 1.29 is 13.2 Å². The van der Waals surface area contributed by atoms with Crippen LogP contribution in [0.3, 0.4) is 0 Å². The molecule has 1 amide bonds. The molecule has 3 aromatic rings. The Hall–Kier alpha value is -3.49. The number of amides is 1. The number of nitrogens with zero attached hydrogens (tertiary/aromatic N) is 4. The number of carbonyl (C=O) groups is 1. The molecule has 2 N–H and O–H groups in total. The lowest BCUT2D eigenvalue weighted by Gasteiger charge is -2.34. The smallest absolute Gasteiger partial charge is 0.264 e. The molecule has 11 heteroatoms. The first-order valence-corrected chi connectivity index (χ1v) is 15.2. The van der Waals surface area contributed by atoms with Crippen molar-refractivity contribution in [2.24, 2.45) is 11.3 Å². The van der Waals surface area contributed by atoms with E-state index in [2.05, 4.69) is 46.8 Å². The van der Waals surface area contributed by atoms with E-state index in [1.807, 2.05) is 6.07 Å². The van der Waals surface area contributed by atoms with E-state index in [-0.39, 0.29) is 28.6 Å². The molecule has 2 aromatic heterocycles. The third-order valence-electron chi connectivity index (χ3n) is 6.73. The predicted octanol–water partition coefficient (Wildman–Crippen LogP) is 5.12. The normalized spacial score (nSPS) is 15.2. The fourth-order valence-corrected chi connectivity index (χ4v) is 6.30. The van der Waals surface area contributed by atoms with Crippen molar-refractivity contribution in [3.63, 3.8) is 0 Å². The third kappa shape index (κ3) is 7.34. The number of nitriles is 1. The van der Waals surface area contributed by atoms with Gasteiger partial charge in [-0.05, 0) is 79.5 Å². The summed E-state index contributed by atoms with van der Waals surface area (Å²) in [5, 5.41) is 13.1. The number of hydrogen-bond acceptors (Lipinski definition) is 8. The van der Waals surface area contributed by atoms with E-state index in [9.17, 15) is 18.5 Å². The van der Waals surface area contributed by atoms with Crippen molar-refractivity contribution in [3.05, 3.63) is 65.1 Å². The van der Waals surface area contributed by atoms with Gasteiger partial charge < -0.3 is 5.32 Å². The van der Waals surface area contributed by atoms with E-state index in [0.717, 1.165) is 30.5 Å². The van der Waals surface area contributed by atoms with Crippen LogP contribution in [0.2, 0.25) is 0 Å². The van der Waals surface area contributed by atoms with Gasteiger partial charge in [0.1, 0.15) is 11.1 Å². The van der Waals surface area contributed by atoms with E-state index in [1.54, 1.807) is 13.0 Å². The summed E-state index contributed by atoms with van der Waals surface area (Å²) in [5.41, 5.74) is 4.10. The van der Waals surface area contributed by atoms with Gasteiger partial charge in [-0.2, -0.15) is 5.26 Å². The first-order chi connectivity index (χ1) is 18.4. The Balaban J connectivity index is 1.32. The van der Waals surface area contributed by atoms with Crippen LogP contribution in [0.5, 0.6) is 0 Å². The average Bonchev–Trinajstić information content (AvgIpc) is 2.87. The number of sulfonamides is 1. The monoisotopic (exact) mass is 564 g/mol. The zero-order valence-corrected chi connectivity index (χ0v) is 24.1. The predicted molar refractivity (Wildman–Crippen MR) is 152 cm³/mol. The lowest BCUT2D eigenvalue weighted by atomic mass is 9.71. The lowest BCUT2D eigenvalue weighted by molar-refractivity contribution is -0.115. The highest BCUT2D eigenvalue weighted by Crippen LogP contribution is 2.38. The average molecular weight is 565 g/mol. The third-order valence-corrected chi connectivity index (χ3v) is 9.07. The summed E-state index contributed by atoms with van der Waals surface area (Å²) >= 11 is 1.40. The first kappa shape index (κ1) is 28.5. The molecule has 0 saturated heterocycles. The molecule has 2 heterocycles. The van der Waals surface area contributed by atoms with E-state index in [4.69, 9.17) is 4.98 Å². The molecule has 204 valence electrons. The Labute approximate surface area is 233 Å². The molecule has 0 saturated carbocycles. The minimum absolute atomic E-state index is 0.00745. The number of anilines is 2. The van der Waals surface area contributed by atoms with Crippen LogP contribution in [0.15, 0.2) is 52.5 Å². The number of nitrogens with one attached hydrogen (secondary N) is 2. The van der Waals surface area contributed by atoms with Crippen LogP contribution in [-0.4, -0.2) is 35.0 Å². The summed E-state index contributed by atoms with van der Waals surface area (Å²) in [6.45, 7) is 8.51. The van der Waals surface area contributed by atoms with Crippen molar-refractivity contribution in [1.82, 2.24) is 15.0 Å². The molecule has 0 fully saturated rings. The van der Waals surface area contributed by atoms with Crippen molar-refractivity contribution in [3.8, 4) is 6.07 Å². The van der Waals surface area contributed by atoms with Crippen LogP contribution in [0.25, 0.3) is 0 Å². The highest BCUT2D eigenvalue weighted by Gasteiger charge is 2.30. The Bertz CT molecular complexity index is 1510. The van der Waals surface area contributed by atoms with Gasteiger partial charge >= 0.3 is 0 Å². The summed E-state index contributed by atoms with van der Waals surface area (Å²) in [4.78, 5) is 25.3. The summed E-state index contributed by atoms with van der Waals surface area (Å²) in [7, 11) is -3.87. The minimum Gasteiger partial charge on any atom is -0.326 e. The SMILES string of the molecule is Cc1ccnc(NS(=O)(=O)c2ccc(NC(=O)CCSc3nc4c(cc3C#N)CC(C(C)(C)C)CC4)cc2)n1. The number of thioether (sulfide) groups is 1. The van der Waals surface area contributed by atoms with Gasteiger partial charge in [0.2, 0.25) is 11.9 Å². The van der Waals surface area contributed by atoms with Gasteiger partial charge in [0.25, 0.3) is 10.0 Å². The molecule has 4 rings (SSSR count). The second kappa shape index (κ2) is 11.7. The van der Waals surface area contributed by atoms with Crippen LogP contribution in [0, 0.1) is 29.6 Å². The standard InChI is InChI=1S/C28H32N6O3S2/c1-18-11-13-30-27(31-18)34-39(36,37)23-8-6-22(7-9-23)32-25(35)12-14-38-26-20(17-29)15-19-16-21(28(2,3)4)5-10-24(19)33-26/h6-9,11,13,15,21H,5,10,12,14,16H2,1-4H3,(H,32,35)(H,30,31,34). The summed E-state index contributed by atoms with van der Waals surface area (Å²) in [6, 6.07) is 11.8. The van der Waals surface area contributed by atoms with Crippen LogP contribution in [-0.2, 0) is 27.7 Å². The Morgan fingerprint density at radius 2 is 1.92 bits per heavy atom. The van der Waals surface area contributed by atoms with Crippen molar-refractivity contribution in [2.75, 3.05) is 15.8 Å². The maximum atomic E-state index is 12.6. The van der Waals surface area contributed by atoms with Crippen molar-refractivity contribution in [2.45, 2.75) is 63.3 Å². The Morgan fingerprint density at radius 1 is 1.18 bits per heavy atom. The largest absolute Gasteiger partial charge is 0.326 e. The van der Waals surface area contributed by atoms with Gasteiger partial charge in [-0.15, -0.1) is 11.8 Å². The fraction of sp³-hybridized carbons (Fsp3) is 0.393. The fourth-order valence-electron chi connectivity index (χ4n) is 4.43. The number of carbonyl (C=O) groups excluding carboxylic acids is 1. The van der Waals surface area contributed by atoms with Gasteiger partial charge in [0, 0.05) is 35.4 Å². The van der Waals surface area contributed by atoms with Gasteiger partial charge in [-0.25, -0.2) is 28.1 Å². The number of benzene rings is 1. The number of hydrogen-bond donors (Lipinski definition) is 2. The number of pyridine rings is 1. The molecular weight excluding hydrogens is 532 g/mol. The highest BCUT2D eigenvalue weighted by atomic mass is 32.2. The quantitative estimate of drug-likeness (QED) is 0.360. The van der Waals surface area contributed by atoms with Gasteiger partial charge in [-0.1, -0.05) is 20.8 Å². The van der Waals surface area contributed by atoms with Crippen molar-refractivity contribution in [1.29, 1.82) is 5.26 Å². The summed E-state index contributed by atoms with van der Waals surface area (Å²) in [6.07, 6.45) is 4.60. The highest BCUT2D eigenvalue weighted by molar-refractivity contribution is 7.99. The summed E-state index contributed by atoms with van der Waals surface area (Å²) in [5.74, 6) is 0.804. The number of fused-ring (bicyclic) bond motifs is 1. The molecule has 39 heavy (non-hydrogen) atoms. The van der Waals surface area contributed by atoms with E-state index in [1.165, 1.54) is 42.2 Å².